The lowest BCUT2D eigenvalue weighted by Crippen LogP contribution is -2.14. The lowest BCUT2D eigenvalue weighted by Gasteiger charge is -2.12. The molecule has 3 aromatic rings. The smallest absolute Gasteiger partial charge is 0.291 e. The van der Waals surface area contributed by atoms with E-state index in [1.165, 1.54) is 19.6 Å². The van der Waals surface area contributed by atoms with Crippen molar-refractivity contribution in [1.29, 1.82) is 0 Å². The summed E-state index contributed by atoms with van der Waals surface area (Å²) in [7, 11) is 1.46. The Bertz CT molecular complexity index is 941. The zero-order valence-electron chi connectivity index (χ0n) is 13.7. The number of anilines is 2. The van der Waals surface area contributed by atoms with Gasteiger partial charge in [-0.2, -0.15) is 0 Å². The molecule has 0 radical (unpaired) electrons. The molecule has 26 heavy (non-hydrogen) atoms. The topological polar surface area (TPSA) is 93.5 Å². The second-order valence-corrected chi connectivity index (χ2v) is 5.50. The molecule has 0 saturated heterocycles. The van der Waals surface area contributed by atoms with Gasteiger partial charge in [-0.05, 0) is 36.4 Å². The highest BCUT2D eigenvalue weighted by atomic mass is 35.5. The number of nitrogens with one attached hydrogen (secondary N) is 2. The van der Waals surface area contributed by atoms with Crippen LogP contribution in [-0.4, -0.2) is 23.9 Å². The number of rotatable bonds is 5. The van der Waals surface area contributed by atoms with Crippen molar-refractivity contribution in [2.24, 2.45) is 0 Å². The Hall–Kier alpha value is -3.32. The van der Waals surface area contributed by atoms with Crippen molar-refractivity contribution in [2.45, 2.75) is 0 Å². The number of hydrogen-bond acceptors (Lipinski definition) is 5. The molecule has 7 nitrogen and oxygen atoms in total. The number of aromatic nitrogens is 1. The van der Waals surface area contributed by atoms with Crippen LogP contribution in [0.4, 0.5) is 11.4 Å². The first-order valence-electron chi connectivity index (χ1n) is 7.53. The fourth-order valence-electron chi connectivity index (χ4n) is 2.22. The minimum absolute atomic E-state index is 0.110. The number of hydrogen-bond donors (Lipinski definition) is 2. The summed E-state index contributed by atoms with van der Waals surface area (Å²) in [6.45, 7) is 0. The van der Waals surface area contributed by atoms with Crippen LogP contribution in [0.25, 0.3) is 0 Å². The van der Waals surface area contributed by atoms with Gasteiger partial charge in [-0.3, -0.25) is 9.59 Å². The zero-order chi connectivity index (χ0) is 18.5. The van der Waals surface area contributed by atoms with Crippen molar-refractivity contribution in [3.63, 3.8) is 0 Å². The molecule has 0 aliphatic rings. The maximum Gasteiger partial charge on any atom is 0.291 e. The summed E-state index contributed by atoms with van der Waals surface area (Å²) in [6, 6.07) is 11.2. The Labute approximate surface area is 153 Å². The number of nitrogens with zero attached hydrogens (tertiary/aromatic N) is 1. The Morgan fingerprint density at radius 1 is 1.12 bits per heavy atom. The molecule has 0 atom stereocenters. The molecule has 0 spiro atoms. The molecule has 8 heteroatoms. The van der Waals surface area contributed by atoms with E-state index in [1.807, 2.05) is 0 Å². The molecule has 0 saturated carbocycles. The average Bonchev–Trinajstić information content (AvgIpc) is 3.18. The molecular weight excluding hydrogens is 358 g/mol. The summed E-state index contributed by atoms with van der Waals surface area (Å²) in [5.74, 6) is -0.264. The molecule has 2 N–H and O–H groups in total. The highest BCUT2D eigenvalue weighted by Crippen LogP contribution is 2.29. The minimum atomic E-state index is -0.410. The highest BCUT2D eigenvalue weighted by molar-refractivity contribution is 6.33. The number of furan rings is 1. The number of ether oxygens (including phenoxy) is 1. The molecule has 0 bridgehead atoms. The van der Waals surface area contributed by atoms with Gasteiger partial charge in [0.25, 0.3) is 11.8 Å². The Kier molecular flexibility index (Phi) is 5.19. The van der Waals surface area contributed by atoms with Gasteiger partial charge in [0, 0.05) is 18.0 Å². The van der Waals surface area contributed by atoms with Gasteiger partial charge in [0.05, 0.1) is 24.6 Å². The largest absolute Gasteiger partial charge is 0.494 e. The Morgan fingerprint density at radius 2 is 1.96 bits per heavy atom. The fraction of sp³-hybridized carbons (Fsp3) is 0.0556. The van der Waals surface area contributed by atoms with Crippen LogP contribution in [0.15, 0.2) is 59.3 Å². The van der Waals surface area contributed by atoms with Gasteiger partial charge in [-0.1, -0.05) is 11.6 Å². The minimum Gasteiger partial charge on any atom is -0.494 e. The van der Waals surface area contributed by atoms with Gasteiger partial charge in [-0.15, -0.1) is 0 Å². The maximum absolute atomic E-state index is 12.3. The predicted octanol–water partition coefficient (Wildman–Crippen LogP) is 3.84. The number of benzene rings is 1. The molecule has 2 heterocycles. The van der Waals surface area contributed by atoms with E-state index in [2.05, 4.69) is 15.6 Å². The third kappa shape index (κ3) is 3.84. The molecule has 2 amide bonds. The summed E-state index contributed by atoms with van der Waals surface area (Å²) >= 11 is 5.92. The Morgan fingerprint density at radius 3 is 2.65 bits per heavy atom. The van der Waals surface area contributed by atoms with E-state index in [4.69, 9.17) is 20.8 Å². The number of halogens is 1. The first kappa shape index (κ1) is 17.5. The van der Waals surface area contributed by atoms with E-state index >= 15 is 0 Å². The predicted molar refractivity (Wildman–Crippen MR) is 96.9 cm³/mol. The second kappa shape index (κ2) is 7.71. The number of pyridine rings is 1. The molecule has 1 aromatic carbocycles. The van der Waals surface area contributed by atoms with E-state index < -0.39 is 11.8 Å². The quantitative estimate of drug-likeness (QED) is 0.664. The van der Waals surface area contributed by atoms with E-state index in [-0.39, 0.29) is 16.5 Å². The normalized spacial score (nSPS) is 10.2. The van der Waals surface area contributed by atoms with Crippen molar-refractivity contribution < 1.29 is 18.7 Å². The molecule has 3 rings (SSSR count). The summed E-state index contributed by atoms with van der Waals surface area (Å²) in [5, 5.41) is 5.50. The number of carbonyl (C=O) groups is 2. The van der Waals surface area contributed by atoms with E-state index in [9.17, 15) is 9.59 Å². The first-order chi connectivity index (χ1) is 12.6. The van der Waals surface area contributed by atoms with Crippen LogP contribution in [0.3, 0.4) is 0 Å². The molecule has 132 valence electrons. The van der Waals surface area contributed by atoms with Crippen molar-refractivity contribution in [3.8, 4) is 5.75 Å². The molecule has 0 aliphatic heterocycles. The lowest BCUT2D eigenvalue weighted by molar-refractivity contribution is 0.0994. The molecule has 0 unspecified atom stereocenters. The van der Waals surface area contributed by atoms with Crippen molar-refractivity contribution >= 4 is 34.8 Å². The molecule has 0 aliphatic carbocycles. The zero-order valence-corrected chi connectivity index (χ0v) is 14.4. The number of carbonyl (C=O) groups excluding carboxylic acids is 2. The number of methoxy groups -OCH3 is 1. The summed E-state index contributed by atoms with van der Waals surface area (Å²) in [5.41, 5.74) is 1.16. The Balaban J connectivity index is 1.77. The molecule has 2 aromatic heterocycles. The van der Waals surface area contributed by atoms with E-state index in [1.54, 1.807) is 42.5 Å². The SMILES string of the molecule is COc1cc(NC(=O)c2cccnc2Cl)ccc1NC(=O)c1ccco1. The van der Waals surface area contributed by atoms with Gasteiger partial charge in [0.15, 0.2) is 5.76 Å². The number of amides is 2. The lowest BCUT2D eigenvalue weighted by atomic mass is 10.2. The van der Waals surface area contributed by atoms with Crippen LogP contribution in [0.5, 0.6) is 5.75 Å². The second-order valence-electron chi connectivity index (χ2n) is 5.14. The average molecular weight is 372 g/mol. The van der Waals surface area contributed by atoms with Gasteiger partial charge in [0.1, 0.15) is 10.9 Å². The van der Waals surface area contributed by atoms with Crippen LogP contribution in [0.2, 0.25) is 5.15 Å². The fourth-order valence-corrected chi connectivity index (χ4v) is 2.42. The summed E-state index contributed by atoms with van der Waals surface area (Å²) in [4.78, 5) is 28.2. The first-order valence-corrected chi connectivity index (χ1v) is 7.91. The van der Waals surface area contributed by atoms with Crippen molar-refractivity contribution in [1.82, 2.24) is 4.98 Å². The van der Waals surface area contributed by atoms with Gasteiger partial charge in [-0.25, -0.2) is 4.98 Å². The monoisotopic (exact) mass is 371 g/mol. The molecule has 0 fully saturated rings. The summed E-state index contributed by atoms with van der Waals surface area (Å²) < 4.78 is 10.3. The van der Waals surface area contributed by atoms with Crippen LogP contribution in [0, 0.1) is 0 Å². The maximum atomic E-state index is 12.3. The third-order valence-corrected chi connectivity index (χ3v) is 3.76. The van der Waals surface area contributed by atoms with E-state index in [0.717, 1.165) is 0 Å². The van der Waals surface area contributed by atoms with E-state index in [0.29, 0.717) is 17.1 Å². The highest BCUT2D eigenvalue weighted by Gasteiger charge is 2.15. The van der Waals surface area contributed by atoms with Gasteiger partial charge < -0.3 is 19.8 Å². The van der Waals surface area contributed by atoms with Gasteiger partial charge in [0.2, 0.25) is 0 Å². The van der Waals surface area contributed by atoms with Crippen molar-refractivity contribution in [2.75, 3.05) is 17.7 Å². The van der Waals surface area contributed by atoms with Gasteiger partial charge >= 0.3 is 0 Å². The van der Waals surface area contributed by atoms with Crippen LogP contribution in [-0.2, 0) is 0 Å². The van der Waals surface area contributed by atoms with Crippen molar-refractivity contribution in [3.05, 3.63) is 71.4 Å². The molecular formula is C18H14ClN3O4. The van der Waals surface area contributed by atoms with Crippen LogP contribution < -0.4 is 15.4 Å². The van der Waals surface area contributed by atoms with Crippen LogP contribution >= 0.6 is 11.6 Å². The summed E-state index contributed by atoms with van der Waals surface area (Å²) in [6.07, 6.45) is 2.91. The third-order valence-electron chi connectivity index (χ3n) is 3.46. The van der Waals surface area contributed by atoms with Crippen LogP contribution in [0.1, 0.15) is 20.9 Å². The standard InChI is InChI=1S/C18H14ClN3O4/c1-25-15-10-11(21-17(23)12-4-2-8-20-16(12)19)6-7-13(15)22-18(24)14-5-3-9-26-14/h2-10H,1H3,(H,21,23)(H,22,24).